The van der Waals surface area contributed by atoms with Gasteiger partial charge in [0.25, 0.3) is 0 Å². The smallest absolute Gasteiger partial charge is 0.407 e. The number of methoxy groups -OCH3 is 1. The van der Waals surface area contributed by atoms with E-state index in [-0.39, 0.29) is 6.10 Å². The number of hydrogen-bond donors (Lipinski definition) is 1. The number of carboxylic acid groups (broad SMARTS) is 1. The van der Waals surface area contributed by atoms with E-state index in [2.05, 4.69) is 13.2 Å². The van der Waals surface area contributed by atoms with Crippen molar-refractivity contribution >= 4 is 12.1 Å². The van der Waals surface area contributed by atoms with Crippen LogP contribution in [0.15, 0.2) is 43.5 Å². The molecule has 1 aliphatic heterocycles. The van der Waals surface area contributed by atoms with Gasteiger partial charge in [-0.05, 0) is 37.8 Å². The summed E-state index contributed by atoms with van der Waals surface area (Å²) >= 11 is 0. The fourth-order valence-electron chi connectivity index (χ4n) is 3.40. The average molecular weight is 403 g/mol. The Balaban J connectivity index is 2.34. The molecule has 0 saturated carbocycles. The van der Waals surface area contributed by atoms with E-state index >= 15 is 0 Å². The molecule has 0 spiro atoms. The van der Waals surface area contributed by atoms with Gasteiger partial charge in [-0.1, -0.05) is 18.2 Å². The molecule has 1 amide bonds. The van der Waals surface area contributed by atoms with Crippen molar-refractivity contribution < 1.29 is 28.9 Å². The molecule has 7 heteroatoms. The third kappa shape index (κ3) is 6.09. The molecule has 2 atom stereocenters. The number of unbranched alkanes of at least 4 members (excludes halogenated alkanes) is 1. The second-order valence-electron chi connectivity index (χ2n) is 6.78. The molecule has 2 rings (SSSR count). The highest BCUT2D eigenvalue weighted by Gasteiger charge is 2.35. The van der Waals surface area contributed by atoms with Crippen LogP contribution >= 0.6 is 0 Å². The van der Waals surface area contributed by atoms with E-state index < -0.39 is 18.1 Å². The number of ether oxygens (including phenoxy) is 3. The van der Waals surface area contributed by atoms with Crippen molar-refractivity contribution in [2.24, 2.45) is 0 Å². The fraction of sp³-hybridized carbons (Fsp3) is 0.455. The van der Waals surface area contributed by atoms with Gasteiger partial charge in [-0.3, -0.25) is 0 Å². The van der Waals surface area contributed by atoms with Gasteiger partial charge < -0.3 is 24.2 Å². The van der Waals surface area contributed by atoms with E-state index in [1.54, 1.807) is 24.3 Å². The standard InChI is InChI=1S/C22H29NO6/c1-4-6-7-13-29-20-14-16(21(24)27-3)8-9-18(20)19-15-17(28-12-5-2)10-11-23(19)22(25)26/h4-5,8-9,14,17,19H,1-2,6-7,10-13,15H2,3H3,(H,25,26)/t17?,19-/m0/s1. The van der Waals surface area contributed by atoms with Crippen molar-refractivity contribution in [3.63, 3.8) is 0 Å². The molecule has 1 aromatic rings. The van der Waals surface area contributed by atoms with Crippen LogP contribution in [0.4, 0.5) is 4.79 Å². The zero-order chi connectivity index (χ0) is 21.2. The first-order valence-electron chi connectivity index (χ1n) is 9.69. The summed E-state index contributed by atoms with van der Waals surface area (Å²) in [6.07, 6.45) is 5.10. The molecule has 1 fully saturated rings. The summed E-state index contributed by atoms with van der Waals surface area (Å²) in [7, 11) is 1.32. The number of esters is 1. The van der Waals surface area contributed by atoms with Crippen molar-refractivity contribution in [1.29, 1.82) is 0 Å². The molecule has 1 N–H and O–H groups in total. The summed E-state index contributed by atoms with van der Waals surface area (Å²) in [6.45, 7) is 8.56. The van der Waals surface area contributed by atoms with Gasteiger partial charge in [0.2, 0.25) is 0 Å². The molecular weight excluding hydrogens is 374 g/mol. The molecule has 1 unspecified atom stereocenters. The summed E-state index contributed by atoms with van der Waals surface area (Å²) in [4.78, 5) is 25.2. The summed E-state index contributed by atoms with van der Waals surface area (Å²) < 4.78 is 16.5. The minimum absolute atomic E-state index is 0.0810. The third-order valence-electron chi connectivity index (χ3n) is 4.85. The van der Waals surface area contributed by atoms with Gasteiger partial charge in [0, 0.05) is 12.1 Å². The van der Waals surface area contributed by atoms with Crippen molar-refractivity contribution in [1.82, 2.24) is 4.90 Å². The lowest BCUT2D eigenvalue weighted by Gasteiger charge is -2.38. The third-order valence-corrected chi connectivity index (χ3v) is 4.85. The summed E-state index contributed by atoms with van der Waals surface area (Å²) in [5, 5.41) is 9.69. The van der Waals surface area contributed by atoms with Gasteiger partial charge in [0.15, 0.2) is 0 Å². The number of carbonyl (C=O) groups excluding carboxylic acids is 1. The summed E-state index contributed by atoms with van der Waals surface area (Å²) in [5.74, 6) is 0.0102. The largest absolute Gasteiger partial charge is 0.493 e. The first kappa shape index (κ1) is 22.5. The Morgan fingerprint density at radius 1 is 1.31 bits per heavy atom. The van der Waals surface area contributed by atoms with Crippen LogP contribution in [0.2, 0.25) is 0 Å². The maximum atomic E-state index is 11.9. The van der Waals surface area contributed by atoms with E-state index in [0.717, 1.165) is 12.8 Å². The summed E-state index contributed by atoms with van der Waals surface area (Å²) in [5.41, 5.74) is 1.07. The zero-order valence-corrected chi connectivity index (χ0v) is 16.8. The highest BCUT2D eigenvalue weighted by Crippen LogP contribution is 2.38. The molecular formula is C22H29NO6. The van der Waals surface area contributed by atoms with E-state index in [4.69, 9.17) is 14.2 Å². The molecule has 29 heavy (non-hydrogen) atoms. The molecule has 7 nitrogen and oxygen atoms in total. The van der Waals surface area contributed by atoms with E-state index in [1.807, 2.05) is 6.08 Å². The molecule has 0 aliphatic carbocycles. The Kier molecular flexibility index (Phi) is 8.73. The normalized spacial score (nSPS) is 18.7. The molecule has 1 heterocycles. The van der Waals surface area contributed by atoms with Gasteiger partial charge in [0.05, 0.1) is 38.0 Å². The van der Waals surface area contributed by atoms with Crippen molar-refractivity contribution in [2.75, 3.05) is 26.9 Å². The van der Waals surface area contributed by atoms with Gasteiger partial charge in [0.1, 0.15) is 5.75 Å². The number of hydrogen-bond acceptors (Lipinski definition) is 5. The number of carbonyl (C=O) groups is 2. The number of amides is 1. The number of benzene rings is 1. The highest BCUT2D eigenvalue weighted by atomic mass is 16.5. The Morgan fingerprint density at radius 3 is 2.76 bits per heavy atom. The quantitative estimate of drug-likeness (QED) is 0.358. The number of piperidine rings is 1. The van der Waals surface area contributed by atoms with Crippen LogP contribution in [0.1, 0.15) is 47.6 Å². The highest BCUT2D eigenvalue weighted by molar-refractivity contribution is 5.90. The lowest BCUT2D eigenvalue weighted by molar-refractivity contribution is -0.000321. The number of nitrogens with zero attached hydrogens (tertiary/aromatic N) is 1. The second kappa shape index (κ2) is 11.3. The van der Waals surface area contributed by atoms with E-state index in [0.29, 0.717) is 49.5 Å². The van der Waals surface area contributed by atoms with Crippen molar-refractivity contribution in [3.05, 3.63) is 54.6 Å². The molecule has 1 saturated heterocycles. The maximum Gasteiger partial charge on any atom is 0.407 e. The van der Waals surface area contributed by atoms with Crippen LogP contribution in [0.25, 0.3) is 0 Å². The van der Waals surface area contributed by atoms with Crippen LogP contribution in [0.3, 0.4) is 0 Å². The maximum absolute atomic E-state index is 11.9. The lowest BCUT2D eigenvalue weighted by atomic mass is 9.92. The Morgan fingerprint density at radius 2 is 2.10 bits per heavy atom. The number of rotatable bonds is 10. The molecule has 0 aromatic heterocycles. The van der Waals surface area contributed by atoms with Gasteiger partial charge in [-0.15, -0.1) is 13.2 Å². The van der Waals surface area contributed by atoms with E-state index in [9.17, 15) is 14.7 Å². The van der Waals surface area contributed by atoms with Gasteiger partial charge in [-0.2, -0.15) is 0 Å². The number of allylic oxidation sites excluding steroid dienone is 1. The van der Waals surface area contributed by atoms with Crippen LogP contribution in [-0.4, -0.2) is 55.0 Å². The average Bonchev–Trinajstić information content (AvgIpc) is 2.74. The zero-order valence-electron chi connectivity index (χ0n) is 16.8. The van der Waals surface area contributed by atoms with Gasteiger partial charge in [-0.25, -0.2) is 9.59 Å². The first-order valence-corrected chi connectivity index (χ1v) is 9.69. The molecule has 0 radical (unpaired) electrons. The predicted molar refractivity (Wildman–Crippen MR) is 109 cm³/mol. The first-order chi connectivity index (χ1) is 14.0. The Hall–Kier alpha value is -2.80. The van der Waals surface area contributed by atoms with Crippen molar-refractivity contribution in [3.8, 4) is 5.75 Å². The SMILES string of the molecule is C=CCCCOc1cc(C(=O)OC)ccc1[C@@H]1CC(OCC=C)CCN1C(=O)O. The topological polar surface area (TPSA) is 85.3 Å². The lowest BCUT2D eigenvalue weighted by Crippen LogP contribution is -2.42. The molecule has 0 bridgehead atoms. The van der Waals surface area contributed by atoms with Crippen LogP contribution in [0.5, 0.6) is 5.75 Å². The van der Waals surface area contributed by atoms with E-state index in [1.165, 1.54) is 12.0 Å². The second-order valence-corrected chi connectivity index (χ2v) is 6.78. The van der Waals surface area contributed by atoms with Crippen molar-refractivity contribution in [2.45, 2.75) is 37.8 Å². The molecule has 1 aromatic carbocycles. The molecule has 158 valence electrons. The summed E-state index contributed by atoms with van der Waals surface area (Å²) in [6, 6.07) is 4.55. The minimum atomic E-state index is -0.994. The monoisotopic (exact) mass is 403 g/mol. The number of likely N-dealkylation sites (tertiary alicyclic amines) is 1. The van der Waals surface area contributed by atoms with Crippen LogP contribution in [0, 0.1) is 0 Å². The fourth-order valence-corrected chi connectivity index (χ4v) is 3.40. The Labute approximate surface area is 171 Å². The van der Waals surface area contributed by atoms with Gasteiger partial charge >= 0.3 is 12.1 Å². The van der Waals surface area contributed by atoms with Crippen LogP contribution in [-0.2, 0) is 9.47 Å². The minimum Gasteiger partial charge on any atom is -0.493 e. The van der Waals surface area contributed by atoms with Crippen LogP contribution < -0.4 is 4.74 Å². The predicted octanol–water partition coefficient (Wildman–Crippen LogP) is 4.20. The molecule has 1 aliphatic rings. The Bertz CT molecular complexity index is 732.